The Morgan fingerprint density at radius 1 is 1.10 bits per heavy atom. The largest absolute Gasteiger partial charge is 0.488 e. The molecule has 3 N–H and O–H groups in total. The second-order valence-electron chi connectivity index (χ2n) is 4.50. The van der Waals surface area contributed by atoms with E-state index in [-0.39, 0.29) is 16.9 Å². The highest BCUT2D eigenvalue weighted by molar-refractivity contribution is 7.88. The lowest BCUT2D eigenvalue weighted by molar-refractivity contribution is 0.425. The molecule has 2 aromatic rings. The molecule has 0 spiro atoms. The third-order valence-electron chi connectivity index (χ3n) is 2.97. The fourth-order valence-corrected chi connectivity index (χ4v) is 2.91. The highest BCUT2D eigenvalue weighted by atomic mass is 32.2. The number of anilines is 1. The van der Waals surface area contributed by atoms with Gasteiger partial charge in [0, 0.05) is 0 Å². The Labute approximate surface area is 120 Å². The Hall–Kier alpha value is -2.10. The molecule has 1 heterocycles. The average molecular weight is 309 g/mol. The molecule has 9 heteroatoms. The van der Waals surface area contributed by atoms with Crippen molar-refractivity contribution in [2.24, 2.45) is 0 Å². The van der Waals surface area contributed by atoms with Crippen LogP contribution in [0.3, 0.4) is 0 Å². The zero-order valence-corrected chi connectivity index (χ0v) is 11.3. The van der Waals surface area contributed by atoms with Gasteiger partial charge in [0.2, 0.25) is 0 Å². The highest BCUT2D eigenvalue weighted by Gasteiger charge is 2.25. The molecule has 0 unspecified atom stereocenters. The number of fused-ring (bicyclic) bond motifs is 1. The summed E-state index contributed by atoms with van der Waals surface area (Å²) in [5, 5.41) is 18.2. The van der Waals surface area contributed by atoms with Crippen molar-refractivity contribution in [3.63, 3.8) is 0 Å². The van der Waals surface area contributed by atoms with Crippen LogP contribution in [0.4, 0.5) is 10.1 Å². The molecule has 0 amide bonds. The quantitative estimate of drug-likeness (QED) is 0.690. The molecule has 0 radical (unpaired) electrons. The van der Waals surface area contributed by atoms with Gasteiger partial charge in [-0.25, -0.2) is 9.11 Å². The summed E-state index contributed by atoms with van der Waals surface area (Å²) in [6.07, 6.45) is 0. The average Bonchev–Trinajstić information content (AvgIpc) is 2.70. The van der Waals surface area contributed by atoms with Crippen LogP contribution < -0.4 is 14.4 Å². The van der Waals surface area contributed by atoms with Gasteiger partial charge in [0.1, 0.15) is 5.82 Å². The first-order valence-electron chi connectivity index (χ1n) is 5.87. The molecule has 0 saturated heterocycles. The highest BCUT2D eigenvalue weighted by Crippen LogP contribution is 2.36. The van der Waals surface area contributed by atoms with Crippen molar-refractivity contribution < 1.29 is 27.0 Å². The normalized spacial score (nSPS) is 15.0. The van der Waals surface area contributed by atoms with Crippen molar-refractivity contribution in [2.75, 3.05) is 4.72 Å². The number of benzene rings is 2. The minimum atomic E-state index is -3.84. The summed E-state index contributed by atoms with van der Waals surface area (Å²) in [5.41, 5.74) is 1.14. The third kappa shape index (κ3) is 2.71. The van der Waals surface area contributed by atoms with Crippen molar-refractivity contribution in [3.8, 4) is 16.9 Å². The van der Waals surface area contributed by atoms with Crippen LogP contribution in [0.2, 0.25) is 0 Å². The van der Waals surface area contributed by atoms with Gasteiger partial charge in [0.05, 0.1) is 5.69 Å². The molecule has 6 nitrogen and oxygen atoms in total. The van der Waals surface area contributed by atoms with Gasteiger partial charge in [-0.3, -0.25) is 0 Å². The number of hydrogen-bond donors (Lipinski definition) is 3. The Bertz CT molecular complexity index is 824. The van der Waals surface area contributed by atoms with Crippen molar-refractivity contribution >= 4 is 28.6 Å². The zero-order valence-electron chi connectivity index (χ0n) is 10.4. The standard InChI is InChI=1S/C12H9BFNO5S/c14-10-4-8(3-9(6-10)13(16)17)7-1-2-11-12(5-7)20-21(18,19)15-11/h1-6,15-17H. The van der Waals surface area contributed by atoms with Gasteiger partial charge in [-0.1, -0.05) is 12.1 Å². The van der Waals surface area contributed by atoms with Gasteiger partial charge >= 0.3 is 17.4 Å². The van der Waals surface area contributed by atoms with Gasteiger partial charge < -0.3 is 14.2 Å². The van der Waals surface area contributed by atoms with Gasteiger partial charge in [0.25, 0.3) is 0 Å². The molecule has 0 fully saturated rings. The van der Waals surface area contributed by atoms with Gasteiger partial charge in [0.15, 0.2) is 5.75 Å². The predicted molar refractivity (Wildman–Crippen MR) is 74.8 cm³/mol. The number of nitrogens with one attached hydrogen (secondary N) is 1. The molecule has 3 rings (SSSR count). The maximum absolute atomic E-state index is 13.5. The van der Waals surface area contributed by atoms with Gasteiger partial charge in [-0.15, -0.1) is 0 Å². The number of halogens is 1. The SMILES string of the molecule is O=S1(=O)Nc2ccc(-c3cc(F)cc(B(O)O)c3)cc2O1. The van der Waals surface area contributed by atoms with E-state index >= 15 is 0 Å². The second kappa shape index (κ2) is 4.73. The van der Waals surface area contributed by atoms with Crippen LogP contribution in [-0.4, -0.2) is 25.6 Å². The fourth-order valence-electron chi connectivity index (χ4n) is 2.06. The summed E-state index contributed by atoms with van der Waals surface area (Å²) in [4.78, 5) is 0. The minimum absolute atomic E-state index is 0.00263. The summed E-state index contributed by atoms with van der Waals surface area (Å²) in [6.45, 7) is 0. The molecule has 0 bridgehead atoms. The minimum Gasteiger partial charge on any atom is -0.423 e. The molecule has 21 heavy (non-hydrogen) atoms. The summed E-state index contributed by atoms with van der Waals surface area (Å²) in [6, 6.07) is 8.07. The molecule has 0 aliphatic carbocycles. The van der Waals surface area contributed by atoms with Crippen LogP contribution >= 0.6 is 0 Å². The van der Waals surface area contributed by atoms with Crippen molar-refractivity contribution in [1.29, 1.82) is 0 Å². The van der Waals surface area contributed by atoms with E-state index in [0.717, 1.165) is 6.07 Å². The first-order valence-corrected chi connectivity index (χ1v) is 7.28. The van der Waals surface area contributed by atoms with E-state index in [1.807, 2.05) is 0 Å². The molecular weight excluding hydrogens is 300 g/mol. The van der Waals surface area contributed by atoms with Crippen LogP contribution in [0.5, 0.6) is 5.75 Å². The topological polar surface area (TPSA) is 95.9 Å². The Morgan fingerprint density at radius 2 is 1.86 bits per heavy atom. The lowest BCUT2D eigenvalue weighted by atomic mass is 9.79. The van der Waals surface area contributed by atoms with E-state index in [2.05, 4.69) is 4.72 Å². The van der Waals surface area contributed by atoms with Crippen molar-refractivity contribution in [2.45, 2.75) is 0 Å². The predicted octanol–water partition coefficient (Wildman–Crippen LogP) is 0.222. The maximum Gasteiger partial charge on any atom is 0.488 e. The van der Waals surface area contributed by atoms with Crippen LogP contribution in [-0.2, 0) is 10.3 Å². The van der Waals surface area contributed by atoms with Crippen LogP contribution in [0, 0.1) is 5.82 Å². The van der Waals surface area contributed by atoms with Crippen LogP contribution in [0.25, 0.3) is 11.1 Å². The molecule has 0 aromatic heterocycles. The summed E-state index contributed by atoms with van der Waals surface area (Å²) < 4.78 is 43.0. The Balaban J connectivity index is 2.07. The molecular formula is C12H9BFNO5S. The summed E-state index contributed by atoms with van der Waals surface area (Å²) >= 11 is 0. The lowest BCUT2D eigenvalue weighted by Crippen LogP contribution is -2.30. The van der Waals surface area contributed by atoms with E-state index in [0.29, 0.717) is 11.1 Å². The third-order valence-corrected chi connectivity index (χ3v) is 3.84. The Morgan fingerprint density at radius 3 is 2.57 bits per heavy atom. The number of hydrogen-bond acceptors (Lipinski definition) is 5. The first kappa shape index (κ1) is 13.9. The molecule has 1 aliphatic rings. The van der Waals surface area contributed by atoms with Crippen molar-refractivity contribution in [1.82, 2.24) is 0 Å². The van der Waals surface area contributed by atoms with Gasteiger partial charge in [-0.2, -0.15) is 8.42 Å². The smallest absolute Gasteiger partial charge is 0.423 e. The molecule has 2 aromatic carbocycles. The number of rotatable bonds is 2. The van der Waals surface area contributed by atoms with E-state index in [1.165, 1.54) is 24.3 Å². The van der Waals surface area contributed by atoms with Crippen molar-refractivity contribution in [3.05, 3.63) is 42.2 Å². The first-order chi connectivity index (χ1) is 9.84. The molecule has 0 atom stereocenters. The van der Waals surface area contributed by atoms with Crippen LogP contribution in [0.1, 0.15) is 0 Å². The van der Waals surface area contributed by atoms with Gasteiger partial charge in [-0.05, 0) is 40.9 Å². The van der Waals surface area contributed by atoms with Crippen LogP contribution in [0.15, 0.2) is 36.4 Å². The van der Waals surface area contributed by atoms with E-state index in [4.69, 9.17) is 14.2 Å². The molecule has 1 aliphatic heterocycles. The summed E-state index contributed by atoms with van der Waals surface area (Å²) in [5.74, 6) is -0.536. The fraction of sp³-hybridized carbons (Fsp3) is 0. The second-order valence-corrected chi connectivity index (χ2v) is 5.78. The Kier molecular flexibility index (Phi) is 3.12. The van der Waals surface area contributed by atoms with E-state index in [9.17, 15) is 12.8 Å². The molecule has 108 valence electrons. The summed E-state index contributed by atoms with van der Waals surface area (Å²) in [7, 11) is -5.64. The monoisotopic (exact) mass is 309 g/mol. The maximum atomic E-state index is 13.5. The van der Waals surface area contributed by atoms with E-state index < -0.39 is 23.2 Å². The van der Waals surface area contributed by atoms with E-state index in [1.54, 1.807) is 6.07 Å². The lowest BCUT2D eigenvalue weighted by Gasteiger charge is -2.07. The molecule has 0 saturated carbocycles. The zero-order chi connectivity index (χ0) is 15.2.